The topological polar surface area (TPSA) is 46.4 Å². The van der Waals surface area contributed by atoms with Gasteiger partial charge in [-0.15, -0.1) is 0 Å². The molecule has 4 aromatic rings. The zero-order valence-electron chi connectivity index (χ0n) is 18.8. The van der Waals surface area contributed by atoms with Crippen molar-refractivity contribution in [2.24, 2.45) is 5.10 Å². The van der Waals surface area contributed by atoms with E-state index in [-0.39, 0.29) is 5.91 Å². The van der Waals surface area contributed by atoms with Gasteiger partial charge in [-0.05, 0) is 55.7 Å². The second kappa shape index (κ2) is 9.82. The van der Waals surface area contributed by atoms with Crippen LogP contribution >= 0.6 is 23.2 Å². The van der Waals surface area contributed by atoms with Gasteiger partial charge in [-0.3, -0.25) is 4.79 Å². The number of fused-ring (bicyclic) bond motifs is 1. The fourth-order valence-corrected chi connectivity index (χ4v) is 4.34. The van der Waals surface area contributed by atoms with Crippen molar-refractivity contribution in [1.82, 2.24) is 9.99 Å². The third-order valence-corrected chi connectivity index (χ3v) is 6.58. The van der Waals surface area contributed by atoms with Crippen LogP contribution in [0.25, 0.3) is 10.9 Å². The van der Waals surface area contributed by atoms with Crippen molar-refractivity contribution in [3.8, 4) is 0 Å². The van der Waals surface area contributed by atoms with Crippen LogP contribution in [0.5, 0.6) is 0 Å². The Kier molecular flexibility index (Phi) is 6.87. The first-order valence-electron chi connectivity index (χ1n) is 10.7. The molecule has 0 aliphatic carbocycles. The molecule has 0 radical (unpaired) electrons. The van der Waals surface area contributed by atoms with Crippen LogP contribution in [0.4, 0.5) is 0 Å². The summed E-state index contributed by atoms with van der Waals surface area (Å²) < 4.78 is 2.22. The number of carbonyl (C=O) groups excluding carboxylic acids is 1. The maximum atomic E-state index is 12.5. The molecule has 1 amide bonds. The van der Waals surface area contributed by atoms with Gasteiger partial charge in [0.15, 0.2) is 0 Å². The number of rotatable bonds is 6. The lowest BCUT2D eigenvalue weighted by molar-refractivity contribution is -0.120. The summed E-state index contributed by atoms with van der Waals surface area (Å²) >= 11 is 12.3. The van der Waals surface area contributed by atoms with Gasteiger partial charge in [-0.2, -0.15) is 5.10 Å². The lowest BCUT2D eigenvalue weighted by atomic mass is 10.0. The normalized spacial score (nSPS) is 11.4. The summed E-state index contributed by atoms with van der Waals surface area (Å²) in [5, 5.41) is 6.42. The van der Waals surface area contributed by atoms with E-state index in [0.717, 1.165) is 44.4 Å². The monoisotopic (exact) mass is 477 g/mol. The summed E-state index contributed by atoms with van der Waals surface area (Å²) in [6, 6.07) is 20.0. The Morgan fingerprint density at radius 3 is 2.58 bits per heavy atom. The smallest absolute Gasteiger partial charge is 0.244 e. The predicted molar refractivity (Wildman–Crippen MR) is 138 cm³/mol. The summed E-state index contributed by atoms with van der Waals surface area (Å²) in [7, 11) is 0. The van der Waals surface area contributed by atoms with Crippen molar-refractivity contribution in [2.75, 3.05) is 0 Å². The van der Waals surface area contributed by atoms with E-state index in [1.165, 1.54) is 0 Å². The largest absolute Gasteiger partial charge is 0.340 e. The third-order valence-electron chi connectivity index (χ3n) is 5.84. The van der Waals surface area contributed by atoms with Crippen LogP contribution in [0.15, 0.2) is 65.8 Å². The summed E-state index contributed by atoms with van der Waals surface area (Å²) in [6.07, 6.45) is 2.02. The van der Waals surface area contributed by atoms with Crippen molar-refractivity contribution in [3.63, 3.8) is 0 Å². The van der Waals surface area contributed by atoms with Crippen LogP contribution in [-0.4, -0.2) is 16.7 Å². The van der Waals surface area contributed by atoms with E-state index in [1.807, 2.05) is 62.4 Å². The van der Waals surface area contributed by atoms with E-state index in [9.17, 15) is 4.79 Å². The Balaban J connectivity index is 1.57. The molecule has 0 bridgehead atoms. The van der Waals surface area contributed by atoms with E-state index in [4.69, 9.17) is 23.2 Å². The molecule has 0 fully saturated rings. The highest BCUT2D eigenvalue weighted by atomic mass is 35.5. The first-order chi connectivity index (χ1) is 15.8. The average Bonchev–Trinajstić information content (AvgIpc) is 3.05. The molecular weight excluding hydrogens is 453 g/mol. The molecule has 0 spiro atoms. The number of para-hydroxylation sites is 1. The molecular formula is C27H25Cl2N3O. The maximum Gasteiger partial charge on any atom is 0.244 e. The first-order valence-corrected chi connectivity index (χ1v) is 11.5. The minimum absolute atomic E-state index is 0.142. The molecule has 6 heteroatoms. The van der Waals surface area contributed by atoms with Gasteiger partial charge in [0.1, 0.15) is 0 Å². The summed E-state index contributed by atoms with van der Waals surface area (Å²) in [6.45, 7) is 6.74. The molecule has 4 nitrogen and oxygen atoms in total. The van der Waals surface area contributed by atoms with Crippen LogP contribution in [0, 0.1) is 20.8 Å². The number of hydrogen-bond acceptors (Lipinski definition) is 2. The average molecular weight is 478 g/mol. The predicted octanol–water partition coefficient (Wildman–Crippen LogP) is 6.61. The van der Waals surface area contributed by atoms with Gasteiger partial charge in [-0.25, -0.2) is 5.43 Å². The number of hydrogen-bond donors (Lipinski definition) is 1. The number of hydrazone groups is 1. The number of carbonyl (C=O) groups is 1. The van der Waals surface area contributed by atoms with Gasteiger partial charge in [0.2, 0.25) is 5.91 Å². The third kappa shape index (κ3) is 5.13. The van der Waals surface area contributed by atoms with E-state index >= 15 is 0 Å². The van der Waals surface area contributed by atoms with Gasteiger partial charge in [0, 0.05) is 28.7 Å². The number of aromatic nitrogens is 1. The Bertz CT molecular complexity index is 1370. The number of aryl methyl sites for hydroxylation is 2. The molecule has 168 valence electrons. The second-order valence-electron chi connectivity index (χ2n) is 8.25. The van der Waals surface area contributed by atoms with Gasteiger partial charge >= 0.3 is 0 Å². The molecule has 1 heterocycles. The van der Waals surface area contributed by atoms with Crippen LogP contribution < -0.4 is 5.43 Å². The zero-order chi connectivity index (χ0) is 23.5. The molecule has 33 heavy (non-hydrogen) atoms. The molecule has 0 saturated carbocycles. The molecule has 4 rings (SSSR count). The molecule has 1 aromatic heterocycles. The van der Waals surface area contributed by atoms with Crippen molar-refractivity contribution in [1.29, 1.82) is 0 Å². The lowest BCUT2D eigenvalue weighted by Crippen LogP contribution is -2.20. The maximum absolute atomic E-state index is 12.5. The Hall–Kier alpha value is -3.08. The minimum atomic E-state index is -0.142. The molecule has 0 unspecified atom stereocenters. The number of nitrogens with zero attached hydrogens (tertiary/aromatic N) is 2. The SMILES string of the molecule is Cc1ccc(C)c(CC(=O)N/N=C\c2c(C)n(Cc3ccc(Cl)c(Cl)c3)c3ccccc23)c1. The quantitative estimate of drug-likeness (QED) is 0.246. The molecule has 0 saturated heterocycles. The molecule has 0 aliphatic heterocycles. The highest BCUT2D eigenvalue weighted by Crippen LogP contribution is 2.28. The van der Waals surface area contributed by atoms with E-state index in [0.29, 0.717) is 23.0 Å². The number of benzene rings is 3. The van der Waals surface area contributed by atoms with E-state index < -0.39 is 0 Å². The molecule has 1 N–H and O–H groups in total. The fourth-order valence-electron chi connectivity index (χ4n) is 4.02. The standard InChI is InChI=1S/C27H25Cl2N3O/c1-17-8-9-18(2)21(12-17)14-27(33)31-30-15-23-19(3)32(26-7-5-4-6-22(23)26)16-20-10-11-24(28)25(29)13-20/h4-13,15H,14,16H2,1-3H3,(H,31,33)/b30-15-. The van der Waals surface area contributed by atoms with Crippen LogP contribution in [0.1, 0.15) is 33.5 Å². The van der Waals surface area contributed by atoms with E-state index in [2.05, 4.69) is 34.2 Å². The minimum Gasteiger partial charge on any atom is -0.340 e. The number of halogens is 2. The molecule has 3 aromatic carbocycles. The van der Waals surface area contributed by atoms with Gasteiger partial charge in [-0.1, -0.05) is 71.2 Å². The Labute approximate surface area is 203 Å². The summed E-state index contributed by atoms with van der Waals surface area (Å²) in [5.41, 5.74) is 10.1. The first kappa shape index (κ1) is 23.1. The fraction of sp³-hybridized carbons (Fsp3) is 0.185. The molecule has 0 aliphatic rings. The summed E-state index contributed by atoms with van der Waals surface area (Å²) in [4.78, 5) is 12.5. The van der Waals surface area contributed by atoms with Crippen molar-refractivity contribution in [3.05, 3.63) is 104 Å². The highest BCUT2D eigenvalue weighted by molar-refractivity contribution is 6.42. The van der Waals surface area contributed by atoms with Crippen molar-refractivity contribution < 1.29 is 4.79 Å². The number of nitrogens with one attached hydrogen (secondary N) is 1. The van der Waals surface area contributed by atoms with Gasteiger partial charge in [0.05, 0.1) is 22.7 Å². The number of amides is 1. The van der Waals surface area contributed by atoms with Crippen molar-refractivity contribution >= 4 is 46.2 Å². The van der Waals surface area contributed by atoms with Gasteiger partial charge < -0.3 is 4.57 Å². The van der Waals surface area contributed by atoms with Gasteiger partial charge in [0.25, 0.3) is 0 Å². The van der Waals surface area contributed by atoms with E-state index in [1.54, 1.807) is 6.21 Å². The Morgan fingerprint density at radius 2 is 1.79 bits per heavy atom. The summed E-state index contributed by atoms with van der Waals surface area (Å²) in [5.74, 6) is -0.142. The highest BCUT2D eigenvalue weighted by Gasteiger charge is 2.13. The zero-order valence-corrected chi connectivity index (χ0v) is 20.3. The van der Waals surface area contributed by atoms with Crippen LogP contribution in [0.2, 0.25) is 10.0 Å². The van der Waals surface area contributed by atoms with Crippen LogP contribution in [0.3, 0.4) is 0 Å². The van der Waals surface area contributed by atoms with Crippen molar-refractivity contribution in [2.45, 2.75) is 33.7 Å². The lowest BCUT2D eigenvalue weighted by Gasteiger charge is -2.09. The Morgan fingerprint density at radius 1 is 1.00 bits per heavy atom. The molecule has 0 atom stereocenters. The second-order valence-corrected chi connectivity index (χ2v) is 9.07. The van der Waals surface area contributed by atoms with Crippen LogP contribution in [-0.2, 0) is 17.8 Å².